The van der Waals surface area contributed by atoms with E-state index in [1.54, 1.807) is 5.56 Å². The molecule has 0 fully saturated rings. The molecule has 2 aromatic carbocycles. The van der Waals surface area contributed by atoms with Crippen LogP contribution in [-0.2, 0) is 19.3 Å². The third-order valence-electron chi connectivity index (χ3n) is 4.04. The molecule has 0 heteroatoms. The molecule has 2 aromatic rings. The number of allylic oxidation sites excluding steroid dienone is 1. The van der Waals surface area contributed by atoms with Crippen LogP contribution >= 0.6 is 0 Å². The molecule has 0 saturated heterocycles. The van der Waals surface area contributed by atoms with E-state index < -0.39 is 0 Å². The highest BCUT2D eigenvalue weighted by Crippen LogP contribution is 2.31. The zero-order valence-electron chi connectivity index (χ0n) is 11.7. The van der Waals surface area contributed by atoms with Crippen molar-refractivity contribution in [1.29, 1.82) is 0 Å². The monoisotopic (exact) mass is 248 g/mol. The first-order valence-corrected chi connectivity index (χ1v) is 7.06. The van der Waals surface area contributed by atoms with Gasteiger partial charge in [0.1, 0.15) is 0 Å². The number of benzene rings is 2. The van der Waals surface area contributed by atoms with E-state index in [1.807, 2.05) is 0 Å². The van der Waals surface area contributed by atoms with Gasteiger partial charge in [0.2, 0.25) is 0 Å². The maximum Gasteiger partial charge on any atom is -0.00578 e. The first kappa shape index (κ1) is 12.2. The van der Waals surface area contributed by atoms with Crippen LogP contribution in [0.3, 0.4) is 0 Å². The second-order valence-corrected chi connectivity index (χ2v) is 5.59. The molecule has 0 atom stereocenters. The molecule has 0 amide bonds. The minimum absolute atomic E-state index is 1.13. The van der Waals surface area contributed by atoms with Crippen LogP contribution in [0.25, 0.3) is 6.08 Å². The first-order valence-electron chi connectivity index (χ1n) is 7.06. The van der Waals surface area contributed by atoms with Crippen molar-refractivity contribution in [1.82, 2.24) is 0 Å². The van der Waals surface area contributed by atoms with Crippen LogP contribution in [0, 0.1) is 6.92 Å². The molecule has 0 aromatic heterocycles. The molecule has 0 spiro atoms. The van der Waals surface area contributed by atoms with Crippen LogP contribution in [0.4, 0.5) is 0 Å². The largest absolute Gasteiger partial charge is 0.0683 e. The maximum atomic E-state index is 2.36. The smallest absolute Gasteiger partial charge is 0.00578 e. The Morgan fingerprint density at radius 2 is 1.68 bits per heavy atom. The summed E-state index contributed by atoms with van der Waals surface area (Å²) in [5.74, 6) is 0. The summed E-state index contributed by atoms with van der Waals surface area (Å²) in [5.41, 5.74) is 8.90. The molecule has 0 saturated carbocycles. The minimum Gasteiger partial charge on any atom is -0.0683 e. The first-order chi connectivity index (χ1) is 9.24. The third kappa shape index (κ3) is 2.49. The van der Waals surface area contributed by atoms with Crippen molar-refractivity contribution in [2.75, 3.05) is 0 Å². The van der Waals surface area contributed by atoms with Crippen molar-refractivity contribution in [3.8, 4) is 0 Å². The summed E-state index contributed by atoms with van der Waals surface area (Å²) in [4.78, 5) is 0. The highest BCUT2D eigenvalue weighted by molar-refractivity contribution is 5.68. The van der Waals surface area contributed by atoms with Gasteiger partial charge in [0, 0.05) is 0 Å². The van der Waals surface area contributed by atoms with Gasteiger partial charge in [-0.05, 0) is 60.9 Å². The lowest BCUT2D eigenvalue weighted by Gasteiger charge is -2.11. The molecule has 0 aliphatic heterocycles. The van der Waals surface area contributed by atoms with Gasteiger partial charge in [-0.25, -0.2) is 0 Å². The average Bonchev–Trinajstić information content (AvgIpc) is 2.82. The molecule has 0 nitrogen and oxygen atoms in total. The van der Waals surface area contributed by atoms with Crippen LogP contribution in [-0.4, -0.2) is 0 Å². The number of hydrogen-bond donors (Lipinski definition) is 0. The predicted octanol–water partition coefficient (Wildman–Crippen LogP) is 4.74. The highest BCUT2D eigenvalue weighted by atomic mass is 14.2. The van der Waals surface area contributed by atoms with Crippen molar-refractivity contribution in [3.05, 3.63) is 75.9 Å². The third-order valence-corrected chi connectivity index (χ3v) is 4.04. The van der Waals surface area contributed by atoms with E-state index in [2.05, 4.69) is 62.4 Å². The van der Waals surface area contributed by atoms with Crippen molar-refractivity contribution < 1.29 is 0 Å². The van der Waals surface area contributed by atoms with Gasteiger partial charge in [-0.3, -0.25) is 0 Å². The van der Waals surface area contributed by atoms with Crippen molar-refractivity contribution in [2.24, 2.45) is 0 Å². The van der Waals surface area contributed by atoms with E-state index in [1.165, 1.54) is 27.8 Å². The Balaban J connectivity index is 1.83. The van der Waals surface area contributed by atoms with Crippen molar-refractivity contribution in [3.63, 3.8) is 0 Å². The van der Waals surface area contributed by atoms with Gasteiger partial charge in [0.25, 0.3) is 0 Å². The molecule has 1 aliphatic rings. The van der Waals surface area contributed by atoms with E-state index in [-0.39, 0.29) is 0 Å². The molecule has 3 rings (SSSR count). The molecular formula is C19H20. The lowest BCUT2D eigenvalue weighted by atomic mass is 9.94. The number of hydrogen-bond acceptors (Lipinski definition) is 0. The summed E-state index contributed by atoms with van der Waals surface area (Å²) in [6.45, 7) is 4.45. The van der Waals surface area contributed by atoms with Crippen LogP contribution in [0.15, 0.2) is 48.0 Å². The van der Waals surface area contributed by atoms with E-state index in [0.717, 1.165) is 19.3 Å². The molecule has 0 heterocycles. The Morgan fingerprint density at radius 1 is 0.895 bits per heavy atom. The van der Waals surface area contributed by atoms with Gasteiger partial charge in [-0.15, -0.1) is 0 Å². The van der Waals surface area contributed by atoms with Crippen molar-refractivity contribution >= 4 is 6.08 Å². The molecule has 1 aliphatic carbocycles. The zero-order chi connectivity index (χ0) is 13.2. The van der Waals surface area contributed by atoms with Gasteiger partial charge in [-0.2, -0.15) is 0 Å². The normalized spacial score (nSPS) is 13.3. The molecular weight excluding hydrogens is 228 g/mol. The Morgan fingerprint density at radius 3 is 2.47 bits per heavy atom. The van der Waals surface area contributed by atoms with E-state index >= 15 is 0 Å². The van der Waals surface area contributed by atoms with Gasteiger partial charge in [-0.1, -0.05) is 54.1 Å². The molecule has 19 heavy (non-hydrogen) atoms. The highest BCUT2D eigenvalue weighted by Gasteiger charge is 2.15. The van der Waals surface area contributed by atoms with Gasteiger partial charge in [0.05, 0.1) is 0 Å². The summed E-state index contributed by atoms with van der Waals surface area (Å²) in [5, 5.41) is 0. The summed E-state index contributed by atoms with van der Waals surface area (Å²) in [6, 6.07) is 15.4. The van der Waals surface area contributed by atoms with Crippen LogP contribution in [0.5, 0.6) is 0 Å². The van der Waals surface area contributed by atoms with E-state index in [4.69, 9.17) is 0 Å². The van der Waals surface area contributed by atoms with Crippen LogP contribution in [0.1, 0.15) is 34.7 Å². The lowest BCUT2D eigenvalue weighted by molar-refractivity contribution is 0.937. The zero-order valence-corrected chi connectivity index (χ0v) is 11.7. The molecule has 0 radical (unpaired) electrons. The second-order valence-electron chi connectivity index (χ2n) is 5.59. The lowest BCUT2D eigenvalue weighted by Crippen LogP contribution is -1.98. The Labute approximate surface area is 115 Å². The fourth-order valence-corrected chi connectivity index (χ4v) is 2.97. The SMILES string of the molecule is CC1=Cc2c(C)ccc(CCc3ccccc3)c2C1. The van der Waals surface area contributed by atoms with Gasteiger partial charge in [0.15, 0.2) is 0 Å². The second kappa shape index (κ2) is 5.05. The fraction of sp³-hybridized carbons (Fsp3) is 0.263. The fourth-order valence-electron chi connectivity index (χ4n) is 2.97. The summed E-state index contributed by atoms with van der Waals surface area (Å²) in [6.07, 6.45) is 5.78. The molecule has 96 valence electrons. The van der Waals surface area contributed by atoms with Crippen molar-refractivity contribution in [2.45, 2.75) is 33.1 Å². The standard InChI is InChI=1S/C19H20/c1-14-12-18-15(2)8-10-17(19(18)13-14)11-9-16-6-4-3-5-7-16/h3-8,10,12H,9,11,13H2,1-2H3. The summed E-state index contributed by atoms with van der Waals surface area (Å²) < 4.78 is 0. The quantitative estimate of drug-likeness (QED) is 0.736. The van der Waals surface area contributed by atoms with Crippen LogP contribution in [0.2, 0.25) is 0 Å². The molecule has 0 bridgehead atoms. The maximum absolute atomic E-state index is 2.36. The Hall–Kier alpha value is -1.82. The predicted molar refractivity (Wildman–Crippen MR) is 82.4 cm³/mol. The topological polar surface area (TPSA) is 0 Å². The number of fused-ring (bicyclic) bond motifs is 1. The average molecular weight is 248 g/mol. The van der Waals surface area contributed by atoms with Gasteiger partial charge >= 0.3 is 0 Å². The number of rotatable bonds is 3. The Kier molecular flexibility index (Phi) is 3.25. The summed E-state index contributed by atoms with van der Waals surface area (Å²) in [7, 11) is 0. The van der Waals surface area contributed by atoms with Gasteiger partial charge < -0.3 is 0 Å². The number of aryl methyl sites for hydroxylation is 3. The van der Waals surface area contributed by atoms with Crippen LogP contribution < -0.4 is 0 Å². The summed E-state index contributed by atoms with van der Waals surface area (Å²) >= 11 is 0. The van der Waals surface area contributed by atoms with E-state index in [9.17, 15) is 0 Å². The minimum atomic E-state index is 1.13. The molecule has 0 N–H and O–H groups in total. The molecule has 0 unspecified atom stereocenters. The Bertz CT molecular complexity index is 618. The van der Waals surface area contributed by atoms with E-state index in [0.29, 0.717) is 0 Å².